The molecule has 0 unspecified atom stereocenters. The SMILES string of the molecule is CC(C)COC(=O)N1CCC(Sc2cn[c]s2)CC1. The molecule has 1 aromatic rings. The number of thioether (sulfide) groups is 1. The Morgan fingerprint density at radius 3 is 2.95 bits per heavy atom. The van der Waals surface area contributed by atoms with Crippen LogP contribution < -0.4 is 0 Å². The Morgan fingerprint density at radius 1 is 1.63 bits per heavy atom. The van der Waals surface area contributed by atoms with Crippen LogP contribution in [0.1, 0.15) is 26.7 Å². The van der Waals surface area contributed by atoms with Crippen molar-refractivity contribution in [3.05, 3.63) is 11.7 Å². The maximum absolute atomic E-state index is 11.8. The van der Waals surface area contributed by atoms with Crippen molar-refractivity contribution in [2.24, 2.45) is 5.92 Å². The Labute approximate surface area is 122 Å². The van der Waals surface area contributed by atoms with Gasteiger partial charge in [0.1, 0.15) is 0 Å². The highest BCUT2D eigenvalue weighted by Crippen LogP contribution is 2.32. The second kappa shape index (κ2) is 7.14. The summed E-state index contributed by atoms with van der Waals surface area (Å²) >= 11 is 3.41. The van der Waals surface area contributed by atoms with Crippen molar-refractivity contribution < 1.29 is 9.53 Å². The molecule has 2 rings (SSSR count). The predicted molar refractivity (Wildman–Crippen MR) is 77.6 cm³/mol. The van der Waals surface area contributed by atoms with Gasteiger partial charge >= 0.3 is 6.09 Å². The number of ether oxygens (including phenoxy) is 1. The van der Waals surface area contributed by atoms with E-state index in [1.165, 1.54) is 4.21 Å². The molecule has 19 heavy (non-hydrogen) atoms. The Morgan fingerprint density at radius 2 is 2.37 bits per heavy atom. The number of piperidine rings is 1. The first-order valence-corrected chi connectivity index (χ1v) is 8.25. The molecule has 1 fully saturated rings. The molecule has 1 aliphatic rings. The van der Waals surface area contributed by atoms with Crippen LogP contribution in [0.25, 0.3) is 0 Å². The second-order valence-corrected chi connectivity index (χ2v) is 7.47. The van der Waals surface area contributed by atoms with E-state index in [1.54, 1.807) is 11.3 Å². The lowest BCUT2D eigenvalue weighted by atomic mass is 10.1. The number of carbonyl (C=O) groups is 1. The number of amides is 1. The van der Waals surface area contributed by atoms with Crippen LogP contribution in [0.2, 0.25) is 0 Å². The summed E-state index contributed by atoms with van der Waals surface area (Å²) < 4.78 is 6.46. The third-order valence-corrected chi connectivity index (χ3v) is 5.08. The molecule has 1 aromatic heterocycles. The third kappa shape index (κ3) is 4.69. The maximum atomic E-state index is 11.8. The molecular formula is C13H19N2O2S2. The van der Waals surface area contributed by atoms with Gasteiger partial charge in [-0.15, -0.1) is 23.1 Å². The molecule has 1 aliphatic heterocycles. The van der Waals surface area contributed by atoms with Gasteiger partial charge in [0, 0.05) is 18.3 Å². The van der Waals surface area contributed by atoms with Crippen LogP contribution in [0.15, 0.2) is 10.4 Å². The first-order valence-electron chi connectivity index (χ1n) is 6.55. The summed E-state index contributed by atoms with van der Waals surface area (Å²) in [6.45, 7) is 6.17. The molecule has 1 amide bonds. The zero-order chi connectivity index (χ0) is 13.7. The van der Waals surface area contributed by atoms with E-state index in [-0.39, 0.29) is 6.09 Å². The summed E-state index contributed by atoms with van der Waals surface area (Å²) in [4.78, 5) is 17.6. The summed E-state index contributed by atoms with van der Waals surface area (Å²) in [6.07, 6.45) is 3.72. The van der Waals surface area contributed by atoms with Crippen molar-refractivity contribution >= 4 is 29.2 Å². The van der Waals surface area contributed by atoms with Crippen molar-refractivity contribution in [3.8, 4) is 0 Å². The minimum Gasteiger partial charge on any atom is -0.449 e. The van der Waals surface area contributed by atoms with E-state index < -0.39 is 0 Å². The molecule has 0 atom stereocenters. The fourth-order valence-electron chi connectivity index (χ4n) is 1.88. The minimum absolute atomic E-state index is 0.164. The zero-order valence-corrected chi connectivity index (χ0v) is 12.9. The van der Waals surface area contributed by atoms with E-state index >= 15 is 0 Å². The average molecular weight is 299 g/mol. The number of aromatic nitrogens is 1. The molecule has 0 aliphatic carbocycles. The van der Waals surface area contributed by atoms with Crippen LogP contribution in [0.3, 0.4) is 0 Å². The molecule has 0 N–H and O–H groups in total. The highest BCUT2D eigenvalue weighted by molar-refractivity contribution is 8.01. The van der Waals surface area contributed by atoms with Crippen LogP contribution in [0, 0.1) is 11.4 Å². The van der Waals surface area contributed by atoms with Crippen LogP contribution in [-0.4, -0.2) is 40.9 Å². The number of carbonyl (C=O) groups excluding carboxylic acids is 1. The van der Waals surface area contributed by atoms with E-state index in [1.807, 2.05) is 36.7 Å². The van der Waals surface area contributed by atoms with Gasteiger partial charge in [-0.25, -0.2) is 9.78 Å². The first-order chi connectivity index (χ1) is 9.15. The summed E-state index contributed by atoms with van der Waals surface area (Å²) in [7, 11) is 0. The summed E-state index contributed by atoms with van der Waals surface area (Å²) in [6, 6.07) is 0. The molecule has 6 heteroatoms. The van der Waals surface area contributed by atoms with Gasteiger partial charge in [0.25, 0.3) is 0 Å². The van der Waals surface area contributed by atoms with Crippen LogP contribution in [0.5, 0.6) is 0 Å². The van der Waals surface area contributed by atoms with Gasteiger partial charge in [-0.2, -0.15) is 0 Å². The molecule has 105 valence electrons. The lowest BCUT2D eigenvalue weighted by Gasteiger charge is -2.30. The number of nitrogens with zero attached hydrogens (tertiary/aromatic N) is 2. The Balaban J connectivity index is 1.71. The van der Waals surface area contributed by atoms with Gasteiger partial charge < -0.3 is 9.64 Å². The van der Waals surface area contributed by atoms with Crippen LogP contribution in [0.4, 0.5) is 4.79 Å². The van der Waals surface area contributed by atoms with Crippen LogP contribution in [-0.2, 0) is 4.74 Å². The molecule has 0 saturated carbocycles. The lowest BCUT2D eigenvalue weighted by Crippen LogP contribution is -2.40. The lowest BCUT2D eigenvalue weighted by molar-refractivity contribution is 0.0863. The number of likely N-dealkylation sites (tertiary alicyclic amines) is 1. The van der Waals surface area contributed by atoms with Crippen LogP contribution >= 0.6 is 23.1 Å². The number of rotatable bonds is 4. The molecule has 2 heterocycles. The van der Waals surface area contributed by atoms with E-state index in [2.05, 4.69) is 10.5 Å². The highest BCUT2D eigenvalue weighted by atomic mass is 32.2. The molecule has 0 aromatic carbocycles. The van der Waals surface area contributed by atoms with Crippen molar-refractivity contribution in [3.63, 3.8) is 0 Å². The Bertz CT molecular complexity index is 387. The quantitative estimate of drug-likeness (QED) is 0.855. The van der Waals surface area contributed by atoms with Crippen molar-refractivity contribution in [2.75, 3.05) is 19.7 Å². The van der Waals surface area contributed by atoms with Gasteiger partial charge in [-0.3, -0.25) is 0 Å². The predicted octanol–water partition coefficient (Wildman–Crippen LogP) is 3.29. The molecule has 1 saturated heterocycles. The van der Waals surface area contributed by atoms with Crippen molar-refractivity contribution in [1.82, 2.24) is 9.88 Å². The van der Waals surface area contributed by atoms with Gasteiger partial charge in [0.15, 0.2) is 5.51 Å². The van der Waals surface area contributed by atoms with Gasteiger partial charge in [0.05, 0.1) is 17.0 Å². The topological polar surface area (TPSA) is 42.4 Å². The smallest absolute Gasteiger partial charge is 0.409 e. The molecule has 0 spiro atoms. The zero-order valence-electron chi connectivity index (χ0n) is 11.3. The third-order valence-electron chi connectivity index (χ3n) is 2.89. The molecule has 4 nitrogen and oxygen atoms in total. The standard InChI is InChI=1S/C13H19N2O2S2/c1-10(2)8-17-13(16)15-5-3-11(4-6-15)19-12-7-14-9-18-12/h7,10-11H,3-6,8H2,1-2H3. The summed E-state index contributed by atoms with van der Waals surface area (Å²) in [5.41, 5.74) is 2.86. The Hall–Kier alpha value is -0.750. The number of thiazole rings is 1. The van der Waals surface area contributed by atoms with E-state index in [4.69, 9.17) is 4.74 Å². The maximum Gasteiger partial charge on any atom is 0.409 e. The Kier molecular flexibility index (Phi) is 5.51. The van der Waals surface area contributed by atoms with E-state index in [0.717, 1.165) is 25.9 Å². The highest BCUT2D eigenvalue weighted by Gasteiger charge is 2.24. The number of hydrogen-bond donors (Lipinski definition) is 0. The van der Waals surface area contributed by atoms with Crippen molar-refractivity contribution in [2.45, 2.75) is 36.1 Å². The van der Waals surface area contributed by atoms with Gasteiger partial charge in [0.2, 0.25) is 0 Å². The second-order valence-electron chi connectivity index (χ2n) is 5.05. The average Bonchev–Trinajstić information content (AvgIpc) is 2.89. The van der Waals surface area contributed by atoms with E-state index in [0.29, 0.717) is 17.8 Å². The van der Waals surface area contributed by atoms with E-state index in [9.17, 15) is 4.79 Å². The monoisotopic (exact) mass is 299 g/mol. The van der Waals surface area contributed by atoms with Gasteiger partial charge in [-0.1, -0.05) is 13.8 Å². The minimum atomic E-state index is -0.164. The van der Waals surface area contributed by atoms with Gasteiger partial charge in [-0.05, 0) is 18.8 Å². The summed E-state index contributed by atoms with van der Waals surface area (Å²) in [5.74, 6) is 0.389. The normalized spacial score (nSPS) is 16.9. The first kappa shape index (κ1) is 14.7. The molecule has 1 radical (unpaired) electrons. The number of hydrogen-bond acceptors (Lipinski definition) is 5. The van der Waals surface area contributed by atoms with Crippen molar-refractivity contribution in [1.29, 1.82) is 0 Å². The molecular weight excluding hydrogens is 280 g/mol. The fraction of sp³-hybridized carbons (Fsp3) is 0.692. The largest absolute Gasteiger partial charge is 0.449 e. The summed E-state index contributed by atoms with van der Waals surface area (Å²) in [5, 5.41) is 0.572. The molecule has 0 bridgehead atoms. The fourth-order valence-corrected chi connectivity index (χ4v) is 3.78.